The van der Waals surface area contributed by atoms with E-state index in [1.165, 1.54) is 0 Å². The van der Waals surface area contributed by atoms with Crippen LogP contribution in [0.3, 0.4) is 0 Å². The van der Waals surface area contributed by atoms with Gasteiger partial charge >= 0.3 is 0 Å². The molecule has 0 amide bonds. The molecule has 0 saturated heterocycles. The van der Waals surface area contributed by atoms with Crippen molar-refractivity contribution < 1.29 is 5.11 Å². The maximum absolute atomic E-state index is 9.97. The monoisotopic (exact) mass is 321 g/mol. The Kier molecular flexibility index (Phi) is 4.21. The van der Waals surface area contributed by atoms with E-state index in [1.54, 1.807) is 6.20 Å². The van der Waals surface area contributed by atoms with Crippen LogP contribution in [0.2, 0.25) is 10.0 Å². The first-order valence-electron chi connectivity index (χ1n) is 7.15. The fourth-order valence-electron chi connectivity index (χ4n) is 3.34. The van der Waals surface area contributed by atoms with Gasteiger partial charge in [0.1, 0.15) is 0 Å². The lowest BCUT2D eigenvalue weighted by Crippen LogP contribution is -2.42. The van der Waals surface area contributed by atoms with Crippen molar-refractivity contribution in [1.29, 1.82) is 0 Å². The third-order valence-corrected chi connectivity index (χ3v) is 5.37. The average Bonchev–Trinajstić information content (AvgIpc) is 2.47. The van der Waals surface area contributed by atoms with Crippen LogP contribution in [-0.2, 0) is 5.41 Å². The second-order valence-electron chi connectivity index (χ2n) is 5.63. The zero-order valence-corrected chi connectivity index (χ0v) is 13.1. The molecule has 21 heavy (non-hydrogen) atoms. The summed E-state index contributed by atoms with van der Waals surface area (Å²) in [6, 6.07) is 11.6. The third-order valence-electron chi connectivity index (χ3n) is 4.63. The summed E-state index contributed by atoms with van der Waals surface area (Å²) in [5.41, 5.74) is 2.00. The quantitative estimate of drug-likeness (QED) is 0.893. The molecule has 0 aliphatic heterocycles. The lowest BCUT2D eigenvalue weighted by molar-refractivity contribution is 0.131. The molecule has 1 heterocycles. The molecule has 1 aromatic carbocycles. The minimum absolute atomic E-state index is 0.00954. The lowest BCUT2D eigenvalue weighted by Gasteiger charge is -2.47. The second kappa shape index (κ2) is 5.96. The zero-order chi connectivity index (χ0) is 14.9. The number of hydrogen-bond acceptors (Lipinski definition) is 2. The lowest BCUT2D eigenvalue weighted by atomic mass is 9.57. The molecule has 1 N–H and O–H groups in total. The first kappa shape index (κ1) is 14.8. The van der Waals surface area contributed by atoms with Gasteiger partial charge in [0.05, 0.1) is 16.7 Å². The van der Waals surface area contributed by atoms with Crippen molar-refractivity contribution in [3.8, 4) is 0 Å². The molecule has 110 valence electrons. The number of benzene rings is 1. The van der Waals surface area contributed by atoms with Crippen molar-refractivity contribution >= 4 is 23.2 Å². The van der Waals surface area contributed by atoms with Gasteiger partial charge in [-0.15, -0.1) is 0 Å². The van der Waals surface area contributed by atoms with Crippen LogP contribution in [0.1, 0.15) is 36.4 Å². The number of halogens is 2. The Hall–Kier alpha value is -1.09. The number of nitrogens with zero attached hydrogens (tertiary/aromatic N) is 1. The molecule has 0 bridgehead atoms. The van der Waals surface area contributed by atoms with Crippen LogP contribution in [-0.4, -0.2) is 16.7 Å². The molecule has 1 aromatic heterocycles. The van der Waals surface area contributed by atoms with Crippen LogP contribution < -0.4 is 0 Å². The van der Waals surface area contributed by atoms with Crippen LogP contribution in [0.25, 0.3) is 0 Å². The van der Waals surface area contributed by atoms with Gasteiger partial charge in [0, 0.05) is 23.2 Å². The fraction of sp³-hybridized carbons (Fsp3) is 0.353. The first-order chi connectivity index (χ1) is 10.2. The summed E-state index contributed by atoms with van der Waals surface area (Å²) in [4.78, 5) is 4.44. The van der Waals surface area contributed by atoms with Gasteiger partial charge in [0.2, 0.25) is 0 Å². The highest BCUT2D eigenvalue weighted by molar-refractivity contribution is 6.42. The van der Waals surface area contributed by atoms with Gasteiger partial charge in [-0.3, -0.25) is 4.98 Å². The van der Waals surface area contributed by atoms with Crippen LogP contribution in [0, 0.1) is 0 Å². The summed E-state index contributed by atoms with van der Waals surface area (Å²) >= 11 is 12.2. The minimum atomic E-state index is -0.0860. The molecule has 3 rings (SSSR count). The SMILES string of the molecule is OCC(c1ccccn1)C1(c2ccc(Cl)c(Cl)c2)CCC1. The van der Waals surface area contributed by atoms with Crippen molar-refractivity contribution in [2.45, 2.75) is 30.6 Å². The van der Waals surface area contributed by atoms with E-state index in [0.29, 0.717) is 10.0 Å². The maximum atomic E-state index is 9.97. The minimum Gasteiger partial charge on any atom is -0.396 e. The van der Waals surface area contributed by atoms with E-state index in [4.69, 9.17) is 23.2 Å². The van der Waals surface area contributed by atoms with E-state index >= 15 is 0 Å². The Morgan fingerprint density at radius 1 is 1.14 bits per heavy atom. The molecule has 0 radical (unpaired) electrons. The fourth-order valence-corrected chi connectivity index (χ4v) is 3.63. The standard InChI is InChI=1S/C17H17Cl2NO/c18-14-6-5-12(10-15(14)19)17(7-3-8-17)13(11-21)16-4-1-2-9-20-16/h1-2,4-6,9-10,13,21H,3,7-8,11H2. The Morgan fingerprint density at radius 3 is 2.48 bits per heavy atom. The highest BCUT2D eigenvalue weighted by Gasteiger charge is 2.46. The summed E-state index contributed by atoms with van der Waals surface area (Å²) in [5.74, 6) is -0.00954. The highest BCUT2D eigenvalue weighted by atomic mass is 35.5. The Bertz CT molecular complexity index is 626. The maximum Gasteiger partial charge on any atom is 0.0595 e. The van der Waals surface area contributed by atoms with Crippen LogP contribution in [0.4, 0.5) is 0 Å². The van der Waals surface area contributed by atoms with Gasteiger partial charge in [-0.25, -0.2) is 0 Å². The second-order valence-corrected chi connectivity index (χ2v) is 6.44. The molecule has 1 saturated carbocycles. The third kappa shape index (κ3) is 2.57. The topological polar surface area (TPSA) is 33.1 Å². The van der Waals surface area contributed by atoms with E-state index < -0.39 is 0 Å². The Morgan fingerprint density at radius 2 is 1.95 bits per heavy atom. The molecule has 1 fully saturated rings. The molecule has 2 aromatic rings. The molecule has 1 atom stereocenters. The van der Waals surface area contributed by atoms with Gasteiger partial charge in [0.25, 0.3) is 0 Å². The average molecular weight is 322 g/mol. The summed E-state index contributed by atoms with van der Waals surface area (Å²) in [6.45, 7) is 0.0806. The number of rotatable bonds is 4. The Labute approximate surface area is 134 Å². The van der Waals surface area contributed by atoms with Gasteiger partial charge in [-0.2, -0.15) is 0 Å². The Balaban J connectivity index is 2.04. The van der Waals surface area contributed by atoms with Crippen molar-refractivity contribution in [3.63, 3.8) is 0 Å². The summed E-state index contributed by atoms with van der Waals surface area (Å²) in [6.07, 6.45) is 5.00. The first-order valence-corrected chi connectivity index (χ1v) is 7.90. The smallest absolute Gasteiger partial charge is 0.0595 e. The molecule has 2 nitrogen and oxygen atoms in total. The van der Waals surface area contributed by atoms with Crippen LogP contribution >= 0.6 is 23.2 Å². The molecule has 1 unspecified atom stereocenters. The predicted molar refractivity (Wildman–Crippen MR) is 86.1 cm³/mol. The van der Waals surface area contributed by atoms with Crippen LogP contribution in [0.15, 0.2) is 42.6 Å². The molecule has 0 spiro atoms. The zero-order valence-electron chi connectivity index (χ0n) is 11.6. The number of aromatic nitrogens is 1. The normalized spacial score (nSPS) is 18.0. The van der Waals surface area contributed by atoms with Crippen molar-refractivity contribution in [2.24, 2.45) is 0 Å². The number of hydrogen-bond donors (Lipinski definition) is 1. The van der Waals surface area contributed by atoms with Crippen molar-refractivity contribution in [3.05, 3.63) is 63.9 Å². The van der Waals surface area contributed by atoms with Crippen molar-refractivity contribution in [2.75, 3.05) is 6.61 Å². The van der Waals surface area contributed by atoms with E-state index in [0.717, 1.165) is 30.5 Å². The predicted octanol–water partition coefficient (Wildman–Crippen LogP) is 4.59. The van der Waals surface area contributed by atoms with Gasteiger partial charge in [0.15, 0.2) is 0 Å². The van der Waals surface area contributed by atoms with Gasteiger partial charge < -0.3 is 5.11 Å². The van der Waals surface area contributed by atoms with Gasteiger partial charge in [-0.1, -0.05) is 41.8 Å². The van der Waals surface area contributed by atoms with Crippen molar-refractivity contribution in [1.82, 2.24) is 4.98 Å². The molecule has 1 aliphatic rings. The van der Waals surface area contributed by atoms with Gasteiger partial charge in [-0.05, 0) is 42.7 Å². The van der Waals surface area contributed by atoms with E-state index in [1.807, 2.05) is 36.4 Å². The molecule has 4 heteroatoms. The number of aliphatic hydroxyl groups is 1. The van der Waals surface area contributed by atoms with Crippen LogP contribution in [0.5, 0.6) is 0 Å². The number of pyridine rings is 1. The number of aliphatic hydroxyl groups excluding tert-OH is 1. The molecular formula is C17H17Cl2NO. The summed E-state index contributed by atoms with van der Waals surface area (Å²) < 4.78 is 0. The largest absolute Gasteiger partial charge is 0.396 e. The van der Waals surface area contributed by atoms with E-state index in [-0.39, 0.29) is 17.9 Å². The summed E-state index contributed by atoms with van der Waals surface area (Å²) in [5, 5.41) is 11.1. The molecule has 1 aliphatic carbocycles. The molecular weight excluding hydrogens is 305 g/mol. The summed E-state index contributed by atoms with van der Waals surface area (Å²) in [7, 11) is 0. The van der Waals surface area contributed by atoms with E-state index in [2.05, 4.69) is 4.98 Å². The van der Waals surface area contributed by atoms with E-state index in [9.17, 15) is 5.11 Å². The highest BCUT2D eigenvalue weighted by Crippen LogP contribution is 2.53.